The van der Waals surface area contributed by atoms with Gasteiger partial charge in [-0.3, -0.25) is 4.79 Å². The van der Waals surface area contributed by atoms with Gasteiger partial charge < -0.3 is 16.4 Å². The fraction of sp³-hybridized carbons (Fsp3) is 0.462. The average Bonchev–Trinajstić information content (AvgIpc) is 2.36. The van der Waals surface area contributed by atoms with E-state index in [4.69, 9.17) is 11.5 Å². The second-order valence-electron chi connectivity index (χ2n) is 5.33. The van der Waals surface area contributed by atoms with Crippen LogP contribution in [0.2, 0.25) is 0 Å². The SMILES string of the molecule is CS(=O)(=O)NC1CCCN(C(=O)c2ccc(N)cc2N)C1. The smallest absolute Gasteiger partial charge is 0.256 e. The fourth-order valence-electron chi connectivity index (χ4n) is 2.51. The Morgan fingerprint density at radius 2 is 2.10 bits per heavy atom. The number of anilines is 2. The molecule has 0 aromatic heterocycles. The van der Waals surface area contributed by atoms with Crippen LogP contribution < -0.4 is 16.2 Å². The van der Waals surface area contributed by atoms with Gasteiger partial charge in [-0.25, -0.2) is 13.1 Å². The maximum atomic E-state index is 12.5. The van der Waals surface area contributed by atoms with E-state index in [-0.39, 0.29) is 11.9 Å². The molecule has 1 saturated heterocycles. The van der Waals surface area contributed by atoms with Crippen molar-refractivity contribution in [3.05, 3.63) is 23.8 Å². The molecular weight excluding hydrogens is 292 g/mol. The van der Waals surface area contributed by atoms with Gasteiger partial charge in [-0.15, -0.1) is 0 Å². The van der Waals surface area contributed by atoms with Crippen LogP contribution in [0.25, 0.3) is 0 Å². The molecule has 0 saturated carbocycles. The molecule has 8 heteroatoms. The Hall–Kier alpha value is -1.80. The summed E-state index contributed by atoms with van der Waals surface area (Å²) in [6, 6.07) is 4.51. The van der Waals surface area contributed by atoms with Crippen LogP contribution in [0.1, 0.15) is 23.2 Å². The molecule has 1 amide bonds. The van der Waals surface area contributed by atoms with Crippen molar-refractivity contribution < 1.29 is 13.2 Å². The van der Waals surface area contributed by atoms with E-state index in [0.29, 0.717) is 36.4 Å². The highest BCUT2D eigenvalue weighted by Gasteiger charge is 2.27. The zero-order chi connectivity index (χ0) is 15.6. The molecule has 1 aliphatic heterocycles. The second-order valence-corrected chi connectivity index (χ2v) is 7.11. The van der Waals surface area contributed by atoms with Gasteiger partial charge in [0.1, 0.15) is 0 Å². The van der Waals surface area contributed by atoms with Gasteiger partial charge in [0.25, 0.3) is 5.91 Å². The molecular formula is C13H20N4O3S. The van der Waals surface area contributed by atoms with Gasteiger partial charge >= 0.3 is 0 Å². The van der Waals surface area contributed by atoms with Crippen molar-refractivity contribution in [2.24, 2.45) is 0 Å². The molecule has 21 heavy (non-hydrogen) atoms. The molecule has 2 rings (SSSR count). The van der Waals surface area contributed by atoms with Crippen molar-refractivity contribution in [3.63, 3.8) is 0 Å². The zero-order valence-corrected chi connectivity index (χ0v) is 12.7. The Morgan fingerprint density at radius 3 is 2.71 bits per heavy atom. The molecule has 1 aromatic carbocycles. The number of hydrogen-bond acceptors (Lipinski definition) is 5. The molecule has 0 radical (unpaired) electrons. The lowest BCUT2D eigenvalue weighted by Crippen LogP contribution is -2.49. The highest BCUT2D eigenvalue weighted by Crippen LogP contribution is 2.20. The van der Waals surface area contributed by atoms with Crippen LogP contribution in [0.15, 0.2) is 18.2 Å². The topological polar surface area (TPSA) is 119 Å². The molecule has 1 aromatic rings. The quantitative estimate of drug-likeness (QED) is 0.679. The number of nitrogens with zero attached hydrogens (tertiary/aromatic N) is 1. The lowest BCUT2D eigenvalue weighted by atomic mass is 10.0. The maximum Gasteiger partial charge on any atom is 0.256 e. The van der Waals surface area contributed by atoms with Crippen LogP contribution in [0.4, 0.5) is 11.4 Å². The number of carbonyl (C=O) groups is 1. The number of likely N-dealkylation sites (tertiary alicyclic amines) is 1. The lowest BCUT2D eigenvalue weighted by Gasteiger charge is -2.33. The van der Waals surface area contributed by atoms with Crippen molar-refractivity contribution in [2.75, 3.05) is 30.8 Å². The van der Waals surface area contributed by atoms with Crippen LogP contribution in [0, 0.1) is 0 Å². The first-order chi connectivity index (χ1) is 9.76. The molecule has 116 valence electrons. The molecule has 1 heterocycles. The van der Waals surface area contributed by atoms with Crippen molar-refractivity contribution in [2.45, 2.75) is 18.9 Å². The van der Waals surface area contributed by atoms with Gasteiger partial charge in [0.2, 0.25) is 10.0 Å². The number of rotatable bonds is 3. The van der Waals surface area contributed by atoms with Crippen LogP contribution in [-0.2, 0) is 10.0 Å². The number of benzene rings is 1. The molecule has 0 aliphatic carbocycles. The maximum absolute atomic E-state index is 12.5. The minimum Gasteiger partial charge on any atom is -0.399 e. The summed E-state index contributed by atoms with van der Waals surface area (Å²) in [5.74, 6) is -0.201. The minimum absolute atomic E-state index is 0.201. The first-order valence-electron chi connectivity index (χ1n) is 6.68. The molecule has 7 nitrogen and oxygen atoms in total. The number of piperidine rings is 1. The molecule has 0 bridgehead atoms. The molecule has 1 unspecified atom stereocenters. The van der Waals surface area contributed by atoms with Crippen LogP contribution in [-0.4, -0.2) is 44.6 Å². The van der Waals surface area contributed by atoms with Crippen LogP contribution >= 0.6 is 0 Å². The molecule has 5 N–H and O–H groups in total. The summed E-state index contributed by atoms with van der Waals surface area (Å²) in [6.45, 7) is 0.931. The van der Waals surface area contributed by atoms with E-state index in [2.05, 4.69) is 4.72 Å². The predicted molar refractivity (Wildman–Crippen MR) is 82.2 cm³/mol. The average molecular weight is 312 g/mol. The predicted octanol–water partition coefficient (Wildman–Crippen LogP) is 0.00480. The highest BCUT2D eigenvalue weighted by atomic mass is 32.2. The van der Waals surface area contributed by atoms with E-state index in [1.165, 1.54) is 0 Å². The lowest BCUT2D eigenvalue weighted by molar-refractivity contribution is 0.0704. The van der Waals surface area contributed by atoms with Gasteiger partial charge in [-0.2, -0.15) is 0 Å². The van der Waals surface area contributed by atoms with E-state index in [0.717, 1.165) is 12.7 Å². The van der Waals surface area contributed by atoms with Crippen LogP contribution in [0.3, 0.4) is 0 Å². The minimum atomic E-state index is -3.28. The standard InChI is InChI=1S/C13H20N4O3S/c1-21(19,20)16-10-3-2-6-17(8-10)13(18)11-5-4-9(14)7-12(11)15/h4-5,7,10,16H,2-3,6,8,14-15H2,1H3. The van der Waals surface area contributed by atoms with Crippen molar-refractivity contribution >= 4 is 27.3 Å². The molecule has 0 spiro atoms. The zero-order valence-electron chi connectivity index (χ0n) is 11.9. The first kappa shape index (κ1) is 15.6. The summed E-state index contributed by atoms with van der Waals surface area (Å²) in [6.07, 6.45) is 2.58. The summed E-state index contributed by atoms with van der Waals surface area (Å²) in [5.41, 5.74) is 12.7. The summed E-state index contributed by atoms with van der Waals surface area (Å²) < 4.78 is 25.1. The Labute approximate surface area is 124 Å². The summed E-state index contributed by atoms with van der Waals surface area (Å²) in [4.78, 5) is 14.1. The largest absolute Gasteiger partial charge is 0.399 e. The molecule has 1 aliphatic rings. The Morgan fingerprint density at radius 1 is 1.38 bits per heavy atom. The monoisotopic (exact) mass is 312 g/mol. The van der Waals surface area contributed by atoms with Gasteiger partial charge in [0.05, 0.1) is 11.8 Å². The van der Waals surface area contributed by atoms with Gasteiger partial charge in [0, 0.05) is 30.5 Å². The van der Waals surface area contributed by atoms with Crippen molar-refractivity contribution in [1.82, 2.24) is 9.62 Å². The van der Waals surface area contributed by atoms with Crippen molar-refractivity contribution in [3.8, 4) is 0 Å². The Balaban J connectivity index is 2.12. The van der Waals surface area contributed by atoms with E-state index < -0.39 is 10.0 Å². The molecule has 1 fully saturated rings. The van der Waals surface area contributed by atoms with E-state index >= 15 is 0 Å². The Bertz CT molecular complexity index is 645. The summed E-state index contributed by atoms with van der Waals surface area (Å²) >= 11 is 0. The number of hydrogen-bond donors (Lipinski definition) is 3. The summed E-state index contributed by atoms with van der Waals surface area (Å²) in [7, 11) is -3.28. The van der Waals surface area contributed by atoms with Crippen molar-refractivity contribution in [1.29, 1.82) is 0 Å². The number of sulfonamides is 1. The summed E-state index contributed by atoms with van der Waals surface area (Å²) in [5, 5.41) is 0. The van der Waals surface area contributed by atoms with E-state index in [1.54, 1.807) is 23.1 Å². The van der Waals surface area contributed by atoms with E-state index in [1.807, 2.05) is 0 Å². The van der Waals surface area contributed by atoms with Crippen LogP contribution in [0.5, 0.6) is 0 Å². The van der Waals surface area contributed by atoms with Gasteiger partial charge in [0.15, 0.2) is 0 Å². The van der Waals surface area contributed by atoms with E-state index in [9.17, 15) is 13.2 Å². The Kier molecular flexibility index (Phi) is 4.38. The fourth-order valence-corrected chi connectivity index (χ4v) is 3.30. The third-order valence-electron chi connectivity index (χ3n) is 3.40. The number of carbonyl (C=O) groups excluding carboxylic acids is 1. The number of nitrogens with two attached hydrogens (primary N) is 2. The normalized spacial score (nSPS) is 19.5. The van der Waals surface area contributed by atoms with Gasteiger partial charge in [-0.1, -0.05) is 0 Å². The van der Waals surface area contributed by atoms with Gasteiger partial charge in [-0.05, 0) is 31.0 Å². The number of nitrogens with one attached hydrogen (secondary N) is 1. The highest BCUT2D eigenvalue weighted by molar-refractivity contribution is 7.88. The molecule has 1 atom stereocenters. The number of nitrogen functional groups attached to an aromatic ring is 2. The third kappa shape index (κ3) is 4.08. The number of amides is 1. The third-order valence-corrected chi connectivity index (χ3v) is 4.16. The second kappa shape index (κ2) is 5.90. The first-order valence-corrected chi connectivity index (χ1v) is 8.57.